The zero-order valence-electron chi connectivity index (χ0n) is 10.3. The number of hydrogen-bond donors (Lipinski definition) is 1. The topological polar surface area (TPSA) is 45.2 Å². The minimum Gasteiger partial charge on any atom is -0.352 e. The van der Waals surface area contributed by atoms with Crippen molar-refractivity contribution in [2.45, 2.75) is 45.2 Å². The Labute approximate surface area is 106 Å². The number of aromatic nitrogens is 1. The molecule has 2 rings (SSSR count). The summed E-state index contributed by atoms with van der Waals surface area (Å²) in [6, 6.07) is 0.730. The highest BCUT2D eigenvalue weighted by atomic mass is 32.1. The van der Waals surface area contributed by atoms with Gasteiger partial charge in [0.15, 0.2) is 5.13 Å². The Morgan fingerprint density at radius 3 is 2.82 bits per heavy atom. The molecular weight excluding hydrogens is 234 g/mol. The number of piperidine rings is 1. The van der Waals surface area contributed by atoms with Crippen molar-refractivity contribution < 1.29 is 4.79 Å². The molecule has 2 heterocycles. The van der Waals surface area contributed by atoms with Gasteiger partial charge in [0.1, 0.15) is 0 Å². The Hall–Kier alpha value is -1.10. The van der Waals surface area contributed by atoms with Gasteiger partial charge in [0.25, 0.3) is 0 Å². The molecule has 1 aliphatic rings. The van der Waals surface area contributed by atoms with E-state index in [-0.39, 0.29) is 5.91 Å². The lowest BCUT2D eigenvalue weighted by Crippen LogP contribution is -2.49. The van der Waals surface area contributed by atoms with Crippen molar-refractivity contribution in [3.8, 4) is 0 Å². The molecule has 2 atom stereocenters. The molecule has 0 spiro atoms. The van der Waals surface area contributed by atoms with Crippen LogP contribution in [-0.2, 0) is 4.79 Å². The standard InChI is InChI=1S/C12H19N3OS/c1-9-4-3-5-10(2)15(9)11(16)8-14-12-13-6-7-17-12/h6-7,9-10H,3-5,8H2,1-2H3,(H,13,14). The Morgan fingerprint density at radius 2 is 2.24 bits per heavy atom. The van der Waals surface area contributed by atoms with Gasteiger partial charge in [0, 0.05) is 23.7 Å². The molecule has 1 amide bonds. The summed E-state index contributed by atoms with van der Waals surface area (Å²) in [5, 5.41) is 5.80. The highest BCUT2D eigenvalue weighted by molar-refractivity contribution is 7.13. The van der Waals surface area contributed by atoms with Crippen molar-refractivity contribution in [1.82, 2.24) is 9.88 Å². The maximum atomic E-state index is 12.2. The third kappa shape index (κ3) is 2.97. The second-order valence-corrected chi connectivity index (χ2v) is 5.52. The molecule has 0 saturated carbocycles. The molecule has 4 nitrogen and oxygen atoms in total. The normalized spacial score (nSPS) is 24.7. The van der Waals surface area contributed by atoms with E-state index >= 15 is 0 Å². The van der Waals surface area contributed by atoms with E-state index in [1.165, 1.54) is 17.8 Å². The van der Waals surface area contributed by atoms with E-state index < -0.39 is 0 Å². The molecule has 17 heavy (non-hydrogen) atoms. The number of nitrogens with zero attached hydrogens (tertiary/aromatic N) is 2. The third-order valence-corrected chi connectivity index (χ3v) is 4.04. The molecule has 1 saturated heterocycles. The summed E-state index contributed by atoms with van der Waals surface area (Å²) >= 11 is 1.52. The summed E-state index contributed by atoms with van der Waals surface area (Å²) in [6.07, 6.45) is 5.20. The maximum Gasteiger partial charge on any atom is 0.242 e. The molecule has 0 aliphatic carbocycles. The quantitative estimate of drug-likeness (QED) is 0.899. The fraction of sp³-hybridized carbons (Fsp3) is 0.667. The first-order valence-corrected chi connectivity index (χ1v) is 7.01. The van der Waals surface area contributed by atoms with Crippen molar-refractivity contribution in [3.63, 3.8) is 0 Å². The number of anilines is 1. The van der Waals surface area contributed by atoms with Gasteiger partial charge in [-0.1, -0.05) is 0 Å². The van der Waals surface area contributed by atoms with E-state index in [1.807, 2.05) is 10.3 Å². The van der Waals surface area contributed by atoms with Gasteiger partial charge in [-0.05, 0) is 33.1 Å². The fourth-order valence-corrected chi connectivity index (χ4v) is 2.99. The van der Waals surface area contributed by atoms with Crippen LogP contribution < -0.4 is 5.32 Å². The number of nitrogens with one attached hydrogen (secondary N) is 1. The summed E-state index contributed by atoms with van der Waals surface area (Å²) in [5.74, 6) is 0.180. The van der Waals surface area contributed by atoms with Crippen LogP contribution in [0.4, 0.5) is 5.13 Å². The average Bonchev–Trinajstić information content (AvgIpc) is 2.79. The van der Waals surface area contributed by atoms with Crippen LogP contribution in [0.3, 0.4) is 0 Å². The average molecular weight is 253 g/mol. The van der Waals surface area contributed by atoms with Crippen molar-refractivity contribution in [1.29, 1.82) is 0 Å². The smallest absolute Gasteiger partial charge is 0.242 e. The molecule has 2 unspecified atom stereocenters. The Morgan fingerprint density at radius 1 is 1.53 bits per heavy atom. The molecule has 1 fully saturated rings. The van der Waals surface area contributed by atoms with E-state index in [0.717, 1.165) is 18.0 Å². The van der Waals surface area contributed by atoms with E-state index in [9.17, 15) is 4.79 Å². The lowest BCUT2D eigenvalue weighted by molar-refractivity contribution is -0.135. The molecule has 1 aliphatic heterocycles. The number of carbonyl (C=O) groups is 1. The van der Waals surface area contributed by atoms with Gasteiger partial charge in [0.05, 0.1) is 6.54 Å². The van der Waals surface area contributed by atoms with Gasteiger partial charge in [-0.25, -0.2) is 4.98 Å². The second-order valence-electron chi connectivity index (χ2n) is 4.62. The largest absolute Gasteiger partial charge is 0.352 e. The van der Waals surface area contributed by atoms with Gasteiger partial charge in [-0.15, -0.1) is 11.3 Å². The highest BCUT2D eigenvalue weighted by Crippen LogP contribution is 2.22. The van der Waals surface area contributed by atoms with Crippen molar-refractivity contribution in [2.24, 2.45) is 0 Å². The summed E-state index contributed by atoms with van der Waals surface area (Å²) in [6.45, 7) is 4.62. The van der Waals surface area contributed by atoms with E-state index in [2.05, 4.69) is 24.1 Å². The second kappa shape index (κ2) is 5.49. The van der Waals surface area contributed by atoms with Crippen LogP contribution in [0, 0.1) is 0 Å². The molecule has 1 aromatic rings. The Bertz CT molecular complexity index is 356. The predicted octanol–water partition coefficient (Wildman–Crippen LogP) is 2.34. The predicted molar refractivity (Wildman–Crippen MR) is 70.2 cm³/mol. The minimum atomic E-state index is 0.180. The molecular formula is C12H19N3OS. The lowest BCUT2D eigenvalue weighted by Gasteiger charge is -2.39. The number of hydrogen-bond acceptors (Lipinski definition) is 4. The number of thiazole rings is 1. The summed E-state index contributed by atoms with van der Waals surface area (Å²) < 4.78 is 0. The first kappa shape index (κ1) is 12.4. The van der Waals surface area contributed by atoms with Gasteiger partial charge in [-0.2, -0.15) is 0 Å². The van der Waals surface area contributed by atoms with Crippen LogP contribution in [0.25, 0.3) is 0 Å². The van der Waals surface area contributed by atoms with Crippen LogP contribution in [0.15, 0.2) is 11.6 Å². The van der Waals surface area contributed by atoms with Crippen LogP contribution >= 0.6 is 11.3 Å². The summed E-state index contributed by atoms with van der Waals surface area (Å²) in [4.78, 5) is 18.3. The number of carbonyl (C=O) groups excluding carboxylic acids is 1. The fourth-order valence-electron chi connectivity index (χ4n) is 2.47. The monoisotopic (exact) mass is 253 g/mol. The zero-order chi connectivity index (χ0) is 12.3. The molecule has 94 valence electrons. The van der Waals surface area contributed by atoms with E-state index in [4.69, 9.17) is 0 Å². The third-order valence-electron chi connectivity index (χ3n) is 3.30. The Kier molecular flexibility index (Phi) is 3.99. The molecule has 0 bridgehead atoms. The molecule has 5 heteroatoms. The van der Waals surface area contributed by atoms with Crippen LogP contribution in [-0.4, -0.2) is 34.4 Å². The number of amides is 1. The van der Waals surface area contributed by atoms with Crippen LogP contribution in [0.2, 0.25) is 0 Å². The first-order valence-electron chi connectivity index (χ1n) is 6.13. The van der Waals surface area contributed by atoms with Crippen molar-refractivity contribution in [3.05, 3.63) is 11.6 Å². The molecule has 1 aromatic heterocycles. The Balaban J connectivity index is 1.90. The van der Waals surface area contributed by atoms with Gasteiger partial charge >= 0.3 is 0 Å². The molecule has 0 aromatic carbocycles. The zero-order valence-corrected chi connectivity index (χ0v) is 11.2. The van der Waals surface area contributed by atoms with Crippen molar-refractivity contribution >= 4 is 22.4 Å². The minimum absolute atomic E-state index is 0.180. The molecule has 0 radical (unpaired) electrons. The van der Waals surface area contributed by atoms with E-state index in [0.29, 0.717) is 18.6 Å². The number of likely N-dealkylation sites (tertiary alicyclic amines) is 1. The SMILES string of the molecule is CC1CCCC(C)N1C(=O)CNc1nccs1. The summed E-state index contributed by atoms with van der Waals surface area (Å²) in [7, 11) is 0. The summed E-state index contributed by atoms with van der Waals surface area (Å²) in [5.41, 5.74) is 0. The maximum absolute atomic E-state index is 12.2. The first-order chi connectivity index (χ1) is 8.18. The van der Waals surface area contributed by atoms with Gasteiger partial charge in [-0.3, -0.25) is 4.79 Å². The highest BCUT2D eigenvalue weighted by Gasteiger charge is 2.28. The lowest BCUT2D eigenvalue weighted by atomic mass is 9.97. The van der Waals surface area contributed by atoms with Crippen LogP contribution in [0.5, 0.6) is 0 Å². The van der Waals surface area contributed by atoms with Gasteiger partial charge in [0.2, 0.25) is 5.91 Å². The van der Waals surface area contributed by atoms with Gasteiger partial charge < -0.3 is 10.2 Å². The van der Waals surface area contributed by atoms with E-state index in [1.54, 1.807) is 6.20 Å². The van der Waals surface area contributed by atoms with Crippen LogP contribution in [0.1, 0.15) is 33.1 Å². The molecule has 1 N–H and O–H groups in total. The number of rotatable bonds is 3. The van der Waals surface area contributed by atoms with Crippen molar-refractivity contribution in [2.75, 3.05) is 11.9 Å².